The molecule has 3 aromatic rings. The quantitative estimate of drug-likeness (QED) is 0.633. The number of carboxylic acid groups (broad SMARTS) is 1. The average molecular weight is 433 g/mol. The van der Waals surface area contributed by atoms with E-state index in [9.17, 15) is 18.0 Å². The number of aliphatic carboxylic acids is 1. The second-order valence-corrected chi connectivity index (χ2v) is 7.55. The van der Waals surface area contributed by atoms with Crippen LogP contribution < -0.4 is 0 Å². The number of H-pyrrole nitrogens is 1. The maximum absolute atomic E-state index is 12.1. The van der Waals surface area contributed by atoms with E-state index in [2.05, 4.69) is 66.3 Å². The lowest BCUT2D eigenvalue weighted by Crippen LogP contribution is -2.31. The summed E-state index contributed by atoms with van der Waals surface area (Å²) in [5.74, 6) is -1.47. The van der Waals surface area contributed by atoms with Crippen LogP contribution in [0.25, 0.3) is 22.0 Å². The molecule has 1 atom stereocenters. The fraction of sp³-hybridized carbons (Fsp3) is 0.318. The van der Waals surface area contributed by atoms with Gasteiger partial charge in [0.2, 0.25) is 5.91 Å². The standard InChI is InChI=1S/C20H21N3O.C2HF3O2/c1-13(2)23-12-15(10-19(23)24)20-21-11-18(22-20)17-9-5-7-14-6-3-4-8-16(14)17;3-2(4,5)1(6)7/h3-9,11,13,15H,10,12H2,1-2H3,(H,21,22);(H,6,7). The van der Waals surface area contributed by atoms with Crippen LogP contribution >= 0.6 is 0 Å². The van der Waals surface area contributed by atoms with Crippen molar-refractivity contribution in [2.45, 2.75) is 38.4 Å². The SMILES string of the molecule is CC(C)N1CC(c2ncc(-c3cccc4ccccc34)[nH]2)CC1=O.O=C(O)C(F)(F)F. The maximum Gasteiger partial charge on any atom is 0.490 e. The molecule has 0 saturated carbocycles. The number of aromatic nitrogens is 2. The number of hydrogen-bond acceptors (Lipinski definition) is 3. The first-order valence-electron chi connectivity index (χ1n) is 9.70. The van der Waals surface area contributed by atoms with E-state index in [1.165, 1.54) is 10.8 Å². The zero-order valence-corrected chi connectivity index (χ0v) is 17.0. The van der Waals surface area contributed by atoms with Crippen molar-refractivity contribution in [1.29, 1.82) is 0 Å². The highest BCUT2D eigenvalue weighted by atomic mass is 19.4. The van der Waals surface area contributed by atoms with Crippen molar-refractivity contribution in [2.24, 2.45) is 0 Å². The molecule has 1 saturated heterocycles. The van der Waals surface area contributed by atoms with Gasteiger partial charge in [0.05, 0.1) is 11.9 Å². The number of carbonyl (C=O) groups is 2. The number of amides is 1. The normalized spacial score (nSPS) is 16.5. The average Bonchev–Trinajstić information content (AvgIpc) is 3.34. The summed E-state index contributed by atoms with van der Waals surface area (Å²) in [6.45, 7) is 4.87. The highest BCUT2D eigenvalue weighted by molar-refractivity contribution is 5.95. The minimum atomic E-state index is -5.08. The van der Waals surface area contributed by atoms with Gasteiger partial charge in [0.15, 0.2) is 0 Å². The largest absolute Gasteiger partial charge is 0.490 e. The van der Waals surface area contributed by atoms with E-state index in [-0.39, 0.29) is 17.9 Å². The van der Waals surface area contributed by atoms with Crippen molar-refractivity contribution in [3.8, 4) is 11.3 Å². The molecule has 0 radical (unpaired) electrons. The number of nitrogens with one attached hydrogen (secondary N) is 1. The van der Waals surface area contributed by atoms with Crippen molar-refractivity contribution in [3.63, 3.8) is 0 Å². The fourth-order valence-corrected chi connectivity index (χ4v) is 3.56. The lowest BCUT2D eigenvalue weighted by Gasteiger charge is -2.20. The zero-order chi connectivity index (χ0) is 22.8. The minimum Gasteiger partial charge on any atom is -0.475 e. The van der Waals surface area contributed by atoms with Crippen LogP contribution in [0.1, 0.15) is 32.0 Å². The van der Waals surface area contributed by atoms with Crippen molar-refractivity contribution < 1.29 is 27.9 Å². The maximum atomic E-state index is 12.1. The van der Waals surface area contributed by atoms with Gasteiger partial charge in [-0.05, 0) is 24.6 Å². The van der Waals surface area contributed by atoms with Crippen molar-refractivity contribution in [3.05, 3.63) is 54.5 Å². The number of aromatic amines is 1. The summed E-state index contributed by atoms with van der Waals surface area (Å²) in [5, 5.41) is 9.55. The van der Waals surface area contributed by atoms with Crippen LogP contribution in [0.15, 0.2) is 48.7 Å². The number of imidazole rings is 1. The highest BCUT2D eigenvalue weighted by Gasteiger charge is 2.38. The molecular weight excluding hydrogens is 411 g/mol. The van der Waals surface area contributed by atoms with Gasteiger partial charge in [-0.2, -0.15) is 13.2 Å². The summed E-state index contributed by atoms with van der Waals surface area (Å²) >= 11 is 0. The summed E-state index contributed by atoms with van der Waals surface area (Å²) in [6, 6.07) is 14.9. The van der Waals surface area contributed by atoms with Crippen molar-refractivity contribution in [2.75, 3.05) is 6.54 Å². The van der Waals surface area contributed by atoms with Crippen molar-refractivity contribution >= 4 is 22.6 Å². The molecule has 6 nitrogen and oxygen atoms in total. The number of carbonyl (C=O) groups excluding carboxylic acids is 1. The first-order valence-corrected chi connectivity index (χ1v) is 9.70. The van der Waals surface area contributed by atoms with Gasteiger partial charge in [-0.15, -0.1) is 0 Å². The summed E-state index contributed by atoms with van der Waals surface area (Å²) < 4.78 is 31.7. The molecule has 2 aromatic carbocycles. The fourth-order valence-electron chi connectivity index (χ4n) is 3.56. The van der Waals surface area contributed by atoms with E-state index in [0.29, 0.717) is 6.42 Å². The first-order chi connectivity index (χ1) is 14.6. The number of halogens is 3. The van der Waals surface area contributed by atoms with E-state index in [1.807, 2.05) is 11.1 Å². The molecule has 1 unspecified atom stereocenters. The Balaban J connectivity index is 0.000000339. The molecule has 1 amide bonds. The Bertz CT molecular complexity index is 1090. The van der Waals surface area contributed by atoms with Crippen LogP contribution in [0.2, 0.25) is 0 Å². The summed E-state index contributed by atoms with van der Waals surface area (Å²) in [6.07, 6.45) is -2.65. The molecular formula is C22H22F3N3O3. The van der Waals surface area contributed by atoms with Gasteiger partial charge in [-0.3, -0.25) is 4.79 Å². The molecule has 9 heteroatoms. The van der Waals surface area contributed by atoms with Crippen LogP contribution in [0.3, 0.4) is 0 Å². The molecule has 2 heterocycles. The number of hydrogen-bond donors (Lipinski definition) is 2. The number of alkyl halides is 3. The monoisotopic (exact) mass is 433 g/mol. The Hall–Kier alpha value is -3.36. The van der Waals surface area contributed by atoms with Gasteiger partial charge in [0.25, 0.3) is 0 Å². The van der Waals surface area contributed by atoms with Crippen LogP contribution in [0.4, 0.5) is 13.2 Å². The summed E-state index contributed by atoms with van der Waals surface area (Å²) in [4.78, 5) is 31.0. The molecule has 1 aromatic heterocycles. The van der Waals surface area contributed by atoms with E-state index >= 15 is 0 Å². The Kier molecular flexibility index (Phi) is 6.33. The molecule has 2 N–H and O–H groups in total. The van der Waals surface area contributed by atoms with E-state index in [4.69, 9.17) is 9.90 Å². The van der Waals surface area contributed by atoms with Gasteiger partial charge >= 0.3 is 12.1 Å². The van der Waals surface area contributed by atoms with Crippen LogP contribution in [0.5, 0.6) is 0 Å². The lowest BCUT2D eigenvalue weighted by atomic mass is 10.0. The van der Waals surface area contributed by atoms with Gasteiger partial charge < -0.3 is 15.0 Å². The smallest absolute Gasteiger partial charge is 0.475 e. The molecule has 1 fully saturated rings. The minimum absolute atomic E-state index is 0.156. The topological polar surface area (TPSA) is 86.3 Å². The van der Waals surface area contributed by atoms with Crippen LogP contribution in [0, 0.1) is 0 Å². The van der Waals surface area contributed by atoms with E-state index in [1.54, 1.807) is 0 Å². The molecule has 31 heavy (non-hydrogen) atoms. The number of rotatable bonds is 3. The van der Waals surface area contributed by atoms with Crippen LogP contribution in [-0.4, -0.2) is 50.6 Å². The molecule has 1 aliphatic rings. The molecule has 0 spiro atoms. The van der Waals surface area contributed by atoms with Gasteiger partial charge in [0, 0.05) is 30.5 Å². The summed E-state index contributed by atoms with van der Waals surface area (Å²) in [5.41, 5.74) is 2.16. The predicted octanol–water partition coefficient (Wildman–Crippen LogP) is 4.59. The zero-order valence-electron chi connectivity index (χ0n) is 17.0. The number of fused-ring (bicyclic) bond motifs is 1. The summed E-state index contributed by atoms with van der Waals surface area (Å²) in [7, 11) is 0. The molecule has 164 valence electrons. The highest BCUT2D eigenvalue weighted by Crippen LogP contribution is 2.31. The van der Waals surface area contributed by atoms with Gasteiger partial charge in [-0.1, -0.05) is 42.5 Å². The third-order valence-corrected chi connectivity index (χ3v) is 5.09. The van der Waals surface area contributed by atoms with Gasteiger partial charge in [0.1, 0.15) is 5.82 Å². The Morgan fingerprint density at radius 3 is 2.45 bits per heavy atom. The number of benzene rings is 2. The molecule has 1 aliphatic heterocycles. The first kappa shape index (κ1) is 22.3. The Labute approximate surface area is 176 Å². The number of carboxylic acids is 1. The molecule has 4 rings (SSSR count). The Morgan fingerprint density at radius 2 is 1.84 bits per heavy atom. The van der Waals surface area contributed by atoms with Crippen molar-refractivity contribution in [1.82, 2.24) is 14.9 Å². The van der Waals surface area contributed by atoms with E-state index in [0.717, 1.165) is 23.6 Å². The second kappa shape index (κ2) is 8.79. The lowest BCUT2D eigenvalue weighted by molar-refractivity contribution is -0.192. The number of nitrogens with zero attached hydrogens (tertiary/aromatic N) is 2. The predicted molar refractivity (Wildman–Crippen MR) is 109 cm³/mol. The van der Waals surface area contributed by atoms with E-state index < -0.39 is 12.1 Å². The van der Waals surface area contributed by atoms with Gasteiger partial charge in [-0.25, -0.2) is 9.78 Å². The third kappa shape index (κ3) is 5.04. The third-order valence-electron chi connectivity index (χ3n) is 5.09. The molecule has 0 aliphatic carbocycles. The van der Waals surface area contributed by atoms with Crippen LogP contribution in [-0.2, 0) is 9.59 Å². The Morgan fingerprint density at radius 1 is 1.19 bits per heavy atom. The molecule has 0 bridgehead atoms. The second-order valence-electron chi connectivity index (χ2n) is 7.55. The number of likely N-dealkylation sites (tertiary alicyclic amines) is 1.